The smallest absolute Gasteiger partial charge is 0.238 e. The summed E-state index contributed by atoms with van der Waals surface area (Å²) in [7, 11) is 0. The maximum Gasteiger partial charge on any atom is 0.238 e. The molecular weight excluding hydrogens is 947 g/mol. The van der Waals surface area contributed by atoms with Crippen molar-refractivity contribution in [2.75, 3.05) is 0 Å². The summed E-state index contributed by atoms with van der Waals surface area (Å²) in [4.78, 5) is 15.8. The van der Waals surface area contributed by atoms with E-state index in [1.165, 1.54) is 87.4 Å². The van der Waals surface area contributed by atoms with Crippen LogP contribution in [0.1, 0.15) is 43.2 Å². The monoisotopic (exact) mass is 999 g/mol. The van der Waals surface area contributed by atoms with Crippen LogP contribution < -0.4 is 0 Å². The van der Waals surface area contributed by atoms with E-state index in [-0.39, 0.29) is 5.41 Å². The van der Waals surface area contributed by atoms with Gasteiger partial charge in [-0.25, -0.2) is 4.98 Å². The van der Waals surface area contributed by atoms with Gasteiger partial charge in [0, 0.05) is 43.8 Å². The maximum atomic E-state index is 5.32. The molecule has 13 aromatic rings. The zero-order valence-corrected chi connectivity index (χ0v) is 43.1. The van der Waals surface area contributed by atoms with E-state index in [2.05, 4.69) is 246 Å². The normalized spacial score (nSPS) is 19.8. The molecule has 0 amide bonds. The van der Waals surface area contributed by atoms with Gasteiger partial charge in [-0.15, -0.1) is 0 Å². The fraction of sp³-hybridized carbons (Fsp3) is 0.137. The van der Waals surface area contributed by atoms with Crippen LogP contribution in [0.2, 0.25) is 0 Å². The first-order valence-corrected chi connectivity index (χ1v) is 28.0. The molecule has 0 unspecified atom stereocenters. The third-order valence-corrected chi connectivity index (χ3v) is 18.8. The van der Waals surface area contributed by atoms with E-state index < -0.39 is 0 Å². The van der Waals surface area contributed by atoms with Crippen molar-refractivity contribution < 1.29 is 0 Å². The summed E-state index contributed by atoms with van der Waals surface area (Å²) in [5.74, 6) is 5.07. The van der Waals surface area contributed by atoms with Gasteiger partial charge in [-0.2, -0.15) is 9.97 Å². The van der Waals surface area contributed by atoms with Crippen LogP contribution in [0.4, 0.5) is 0 Å². The van der Waals surface area contributed by atoms with Crippen LogP contribution in [0.25, 0.3) is 123 Å². The Morgan fingerprint density at radius 3 is 1.32 bits per heavy atom. The van der Waals surface area contributed by atoms with Crippen molar-refractivity contribution >= 4 is 43.6 Å². The summed E-state index contributed by atoms with van der Waals surface area (Å²) < 4.78 is 4.77. The average molecular weight is 1000 g/mol. The molecule has 0 atom stereocenters. The van der Waals surface area contributed by atoms with Crippen molar-refractivity contribution in [1.82, 2.24) is 24.1 Å². The molecule has 10 aromatic carbocycles. The van der Waals surface area contributed by atoms with Gasteiger partial charge in [-0.05, 0) is 160 Å². The Morgan fingerprint density at radius 2 is 0.744 bits per heavy atom. The summed E-state index contributed by atoms with van der Waals surface area (Å²) in [6.07, 6.45) is 6.97. The average Bonchev–Trinajstić information content (AvgIpc) is 4.23. The van der Waals surface area contributed by atoms with Gasteiger partial charge in [0.25, 0.3) is 0 Å². The van der Waals surface area contributed by atoms with Crippen LogP contribution in [0.5, 0.6) is 0 Å². The SMILES string of the molecule is c1ccc(-c2ccc(-c3nc(-c4ccc(-c5ccccc5)cc4)nc(-n4c5ccccc5c5cc(-c6ccc7c(c6)c6ccccc6n7-c6ccc7c(c6)C6(c8ccccc8-7)C7CC8CC(C7)CC6C8)ccc54)n3)cc2)cc1. The molecule has 5 aliphatic rings. The zero-order chi connectivity index (χ0) is 51.1. The number of rotatable bonds is 7. The number of benzene rings is 10. The summed E-state index contributed by atoms with van der Waals surface area (Å²) in [5.41, 5.74) is 20.9. The lowest BCUT2D eigenvalue weighted by Gasteiger charge is -2.61. The van der Waals surface area contributed by atoms with Crippen LogP contribution in [0, 0.1) is 23.7 Å². The fourth-order valence-electron chi connectivity index (χ4n) is 15.7. The molecule has 4 fully saturated rings. The molecule has 0 saturated heterocycles. The highest BCUT2D eigenvalue weighted by Gasteiger charge is 2.61. The van der Waals surface area contributed by atoms with Gasteiger partial charge in [0.05, 0.1) is 22.1 Å². The molecule has 3 heterocycles. The lowest BCUT2D eigenvalue weighted by atomic mass is 9.43. The van der Waals surface area contributed by atoms with Crippen molar-refractivity contribution in [2.24, 2.45) is 23.7 Å². The molecule has 78 heavy (non-hydrogen) atoms. The number of para-hydroxylation sites is 2. The largest absolute Gasteiger partial charge is 0.309 e. The van der Waals surface area contributed by atoms with Crippen molar-refractivity contribution in [2.45, 2.75) is 37.5 Å². The van der Waals surface area contributed by atoms with Gasteiger partial charge in [0.2, 0.25) is 5.95 Å². The van der Waals surface area contributed by atoms with Gasteiger partial charge in [0.15, 0.2) is 11.6 Å². The van der Waals surface area contributed by atoms with Crippen LogP contribution in [0.3, 0.4) is 0 Å². The van der Waals surface area contributed by atoms with Crippen LogP contribution >= 0.6 is 0 Å². The minimum atomic E-state index is 0.112. The molecule has 370 valence electrons. The number of fused-ring (bicyclic) bond motifs is 9. The first-order chi connectivity index (χ1) is 38.6. The molecule has 4 bridgehead atoms. The number of nitrogens with zero attached hydrogens (tertiary/aromatic N) is 5. The Balaban J connectivity index is 0.787. The van der Waals surface area contributed by atoms with E-state index in [4.69, 9.17) is 15.0 Å². The quantitative estimate of drug-likeness (QED) is 0.160. The molecule has 0 aliphatic heterocycles. The van der Waals surface area contributed by atoms with Gasteiger partial charge < -0.3 is 4.57 Å². The van der Waals surface area contributed by atoms with Gasteiger partial charge in [0.1, 0.15) is 0 Å². The highest BCUT2D eigenvalue weighted by molar-refractivity contribution is 6.12. The maximum absolute atomic E-state index is 5.32. The Bertz CT molecular complexity index is 4420. The van der Waals surface area contributed by atoms with Crippen LogP contribution in [-0.2, 0) is 5.41 Å². The second-order valence-electron chi connectivity index (χ2n) is 22.8. The third-order valence-electron chi connectivity index (χ3n) is 18.8. The molecule has 18 rings (SSSR count). The van der Waals surface area contributed by atoms with Gasteiger partial charge in [-0.1, -0.05) is 188 Å². The highest BCUT2D eigenvalue weighted by atomic mass is 15.2. The molecule has 0 radical (unpaired) electrons. The van der Waals surface area contributed by atoms with Crippen molar-refractivity contribution in [3.05, 3.63) is 248 Å². The van der Waals surface area contributed by atoms with Gasteiger partial charge in [-0.3, -0.25) is 4.57 Å². The minimum Gasteiger partial charge on any atom is -0.309 e. The summed E-state index contributed by atoms with van der Waals surface area (Å²) in [6.45, 7) is 0. The topological polar surface area (TPSA) is 48.5 Å². The first kappa shape index (κ1) is 44.0. The van der Waals surface area contributed by atoms with E-state index in [1.54, 1.807) is 11.1 Å². The van der Waals surface area contributed by atoms with Crippen molar-refractivity contribution in [1.29, 1.82) is 0 Å². The molecule has 4 saturated carbocycles. The molecule has 0 N–H and O–H groups in total. The van der Waals surface area contributed by atoms with E-state index in [1.807, 2.05) is 0 Å². The second kappa shape index (κ2) is 16.9. The predicted octanol–water partition coefficient (Wildman–Crippen LogP) is 18.1. The predicted molar refractivity (Wildman–Crippen MR) is 319 cm³/mol. The molecule has 5 aliphatic carbocycles. The Kier molecular flexibility index (Phi) is 9.53. The molecular formula is C73H53N5. The van der Waals surface area contributed by atoms with E-state index in [9.17, 15) is 0 Å². The Hall–Kier alpha value is -9.19. The zero-order valence-electron chi connectivity index (χ0n) is 43.1. The van der Waals surface area contributed by atoms with Crippen LogP contribution in [-0.4, -0.2) is 24.1 Å². The molecule has 5 nitrogen and oxygen atoms in total. The summed E-state index contributed by atoms with van der Waals surface area (Å²) in [6, 6.07) is 86.7. The highest BCUT2D eigenvalue weighted by Crippen LogP contribution is 2.69. The lowest BCUT2D eigenvalue weighted by molar-refractivity contribution is -0.0399. The van der Waals surface area contributed by atoms with Crippen molar-refractivity contribution in [3.8, 4) is 78.9 Å². The second-order valence-corrected chi connectivity index (χ2v) is 22.8. The van der Waals surface area contributed by atoms with Gasteiger partial charge >= 0.3 is 0 Å². The van der Waals surface area contributed by atoms with E-state index in [0.717, 1.165) is 73.3 Å². The van der Waals surface area contributed by atoms with Crippen molar-refractivity contribution in [3.63, 3.8) is 0 Å². The molecule has 1 spiro atoms. The van der Waals surface area contributed by atoms with E-state index in [0.29, 0.717) is 17.6 Å². The lowest BCUT2D eigenvalue weighted by Crippen LogP contribution is -2.55. The number of hydrogen-bond donors (Lipinski definition) is 0. The number of hydrogen-bond acceptors (Lipinski definition) is 3. The Labute approximate surface area is 453 Å². The summed E-state index contributed by atoms with van der Waals surface area (Å²) >= 11 is 0. The summed E-state index contributed by atoms with van der Waals surface area (Å²) in [5, 5.41) is 4.82. The standard InChI is InChI=1S/C73H53N5/c1-3-13-47(14-4-1)49-23-27-51(28-24-49)70-74-71(52-29-25-50(26-30-52)48-15-5-2-6-16-48)76-72(75-70)78-67-22-12-9-19-61(67)63-43-54(32-36-69(63)78)53-31-35-68-62(42-53)60-18-8-11-21-66(60)77(68)57-33-34-59-58-17-7-10-20-64(58)73(65(59)44-57)55-38-45-37-46(40-55)41-56(73)39-45/h1-36,42-46,55-56H,37-41H2. The number of aromatic nitrogens is 5. The van der Waals surface area contributed by atoms with E-state index >= 15 is 0 Å². The minimum absolute atomic E-state index is 0.112. The first-order valence-electron chi connectivity index (χ1n) is 28.0. The van der Waals surface area contributed by atoms with Crippen LogP contribution in [0.15, 0.2) is 237 Å². The third kappa shape index (κ3) is 6.51. The fourth-order valence-corrected chi connectivity index (χ4v) is 15.7. The Morgan fingerprint density at radius 1 is 0.308 bits per heavy atom. The molecule has 5 heteroatoms. The molecule has 3 aromatic heterocycles.